The Balaban J connectivity index is 3.86. The predicted molar refractivity (Wildman–Crippen MR) is 78.5 cm³/mol. The number of hydrogen-bond acceptors (Lipinski definition) is 4. The second kappa shape index (κ2) is 10.6. The second-order valence-electron chi connectivity index (χ2n) is 5.34. The van der Waals surface area contributed by atoms with E-state index in [-0.39, 0.29) is 25.9 Å². The Hall–Kier alpha value is -1.22. The number of esters is 1. The van der Waals surface area contributed by atoms with Gasteiger partial charge in [-0.05, 0) is 39.0 Å². The summed E-state index contributed by atoms with van der Waals surface area (Å²) in [5.41, 5.74) is 5.49. The predicted octanol–water partition coefficient (Wildman–Crippen LogP) is 3.33. The van der Waals surface area contributed by atoms with Crippen molar-refractivity contribution in [1.29, 1.82) is 0 Å². The summed E-state index contributed by atoms with van der Waals surface area (Å²) in [4.78, 5) is 11.3. The van der Waals surface area contributed by atoms with E-state index in [1.54, 1.807) is 19.1 Å². The molecule has 0 radical (unpaired) electrons. The van der Waals surface area contributed by atoms with Crippen LogP contribution in [0.15, 0.2) is 12.2 Å². The van der Waals surface area contributed by atoms with Gasteiger partial charge in [-0.3, -0.25) is 4.79 Å². The summed E-state index contributed by atoms with van der Waals surface area (Å²) < 4.78 is 65.7. The first-order valence-corrected chi connectivity index (χ1v) is 7.72. The molecular weight excluding hydrogens is 337 g/mol. The van der Waals surface area contributed by atoms with Gasteiger partial charge >= 0.3 is 18.1 Å². The standard InChI is InChI=1S/C15H24F5NO3/c1-2-24-13(23)12(21)11(22)9-7-5-3-4-6-8-10-14(16,17)15(18,19)20/h3,5,11-12,22H,2,4,6-10,21H2,1H3/b5-3+. The highest BCUT2D eigenvalue weighted by molar-refractivity contribution is 5.76. The summed E-state index contributed by atoms with van der Waals surface area (Å²) in [6.07, 6.45) is -3.59. The van der Waals surface area contributed by atoms with Crippen molar-refractivity contribution < 1.29 is 36.6 Å². The number of carbonyl (C=O) groups is 1. The van der Waals surface area contributed by atoms with E-state index in [1.165, 1.54) is 0 Å². The Morgan fingerprint density at radius 2 is 1.75 bits per heavy atom. The average molecular weight is 361 g/mol. The largest absolute Gasteiger partial charge is 0.465 e. The van der Waals surface area contributed by atoms with Crippen molar-refractivity contribution in [2.75, 3.05) is 6.61 Å². The maximum Gasteiger partial charge on any atom is 0.453 e. The Kier molecular flexibility index (Phi) is 10.1. The number of hydrogen-bond donors (Lipinski definition) is 2. The molecule has 0 saturated carbocycles. The van der Waals surface area contributed by atoms with Gasteiger partial charge in [0.15, 0.2) is 0 Å². The monoisotopic (exact) mass is 361 g/mol. The molecule has 0 spiro atoms. The molecule has 0 aliphatic rings. The summed E-state index contributed by atoms with van der Waals surface area (Å²) >= 11 is 0. The van der Waals surface area contributed by atoms with Crippen LogP contribution in [-0.4, -0.2) is 41.9 Å². The minimum atomic E-state index is -5.50. The topological polar surface area (TPSA) is 72.5 Å². The molecule has 2 atom stereocenters. The van der Waals surface area contributed by atoms with Gasteiger partial charge < -0.3 is 15.6 Å². The number of rotatable bonds is 11. The molecular formula is C15H24F5NO3. The Morgan fingerprint density at radius 3 is 2.29 bits per heavy atom. The van der Waals surface area contributed by atoms with Crippen molar-refractivity contribution >= 4 is 5.97 Å². The van der Waals surface area contributed by atoms with Crippen molar-refractivity contribution in [2.24, 2.45) is 5.73 Å². The van der Waals surface area contributed by atoms with E-state index in [1.807, 2.05) is 0 Å². The summed E-state index contributed by atoms with van der Waals surface area (Å²) in [6, 6.07) is -1.14. The van der Waals surface area contributed by atoms with E-state index in [0.717, 1.165) is 0 Å². The quantitative estimate of drug-likeness (QED) is 0.256. The van der Waals surface area contributed by atoms with Crippen LogP contribution in [-0.2, 0) is 9.53 Å². The molecule has 9 heteroatoms. The van der Waals surface area contributed by atoms with E-state index >= 15 is 0 Å². The first-order valence-electron chi connectivity index (χ1n) is 7.72. The lowest BCUT2D eigenvalue weighted by molar-refractivity contribution is -0.284. The fourth-order valence-electron chi connectivity index (χ4n) is 1.83. The fraction of sp³-hybridized carbons (Fsp3) is 0.800. The van der Waals surface area contributed by atoms with Gasteiger partial charge in [0.2, 0.25) is 0 Å². The molecule has 0 heterocycles. The van der Waals surface area contributed by atoms with Crippen molar-refractivity contribution in [3.63, 3.8) is 0 Å². The van der Waals surface area contributed by atoms with Crippen LogP contribution in [0, 0.1) is 0 Å². The maximum absolute atomic E-state index is 12.6. The normalized spacial score (nSPS) is 15.5. The van der Waals surface area contributed by atoms with Crippen LogP contribution >= 0.6 is 0 Å². The molecule has 0 aromatic carbocycles. The molecule has 24 heavy (non-hydrogen) atoms. The highest BCUT2D eigenvalue weighted by atomic mass is 19.4. The molecule has 4 nitrogen and oxygen atoms in total. The van der Waals surface area contributed by atoms with Gasteiger partial charge in [-0.15, -0.1) is 0 Å². The van der Waals surface area contributed by atoms with Crippen LogP contribution in [0.25, 0.3) is 0 Å². The van der Waals surface area contributed by atoms with E-state index in [0.29, 0.717) is 12.8 Å². The number of halogens is 5. The van der Waals surface area contributed by atoms with E-state index in [9.17, 15) is 31.9 Å². The molecule has 0 aliphatic carbocycles. The van der Waals surface area contributed by atoms with Gasteiger partial charge in [-0.25, -0.2) is 0 Å². The number of alkyl halides is 5. The molecule has 0 aromatic rings. The van der Waals surface area contributed by atoms with E-state index < -0.39 is 36.6 Å². The van der Waals surface area contributed by atoms with Gasteiger partial charge in [0.05, 0.1) is 12.7 Å². The molecule has 0 bridgehead atoms. The van der Waals surface area contributed by atoms with Crippen molar-refractivity contribution in [2.45, 2.75) is 69.7 Å². The fourth-order valence-corrected chi connectivity index (χ4v) is 1.83. The zero-order chi connectivity index (χ0) is 18.8. The maximum atomic E-state index is 12.6. The van der Waals surface area contributed by atoms with Crippen LogP contribution < -0.4 is 5.73 Å². The molecule has 0 aliphatic heterocycles. The molecule has 2 unspecified atom stereocenters. The lowest BCUT2D eigenvalue weighted by atomic mass is 10.1. The van der Waals surface area contributed by atoms with E-state index in [2.05, 4.69) is 4.74 Å². The Bertz CT molecular complexity index is 399. The number of nitrogens with two attached hydrogens (primary N) is 1. The molecule has 142 valence electrons. The minimum Gasteiger partial charge on any atom is -0.465 e. The van der Waals surface area contributed by atoms with E-state index in [4.69, 9.17) is 5.73 Å². The molecule has 0 aromatic heterocycles. The van der Waals surface area contributed by atoms with Crippen LogP contribution in [0.1, 0.15) is 45.4 Å². The van der Waals surface area contributed by atoms with Crippen LogP contribution in [0.4, 0.5) is 22.0 Å². The molecule has 0 rings (SSSR count). The number of unbranched alkanes of at least 4 members (excludes halogenated alkanes) is 2. The smallest absolute Gasteiger partial charge is 0.453 e. The first-order chi connectivity index (χ1) is 11.0. The van der Waals surface area contributed by atoms with Gasteiger partial charge in [-0.1, -0.05) is 12.2 Å². The second-order valence-corrected chi connectivity index (χ2v) is 5.34. The van der Waals surface area contributed by atoms with Gasteiger partial charge in [-0.2, -0.15) is 22.0 Å². The summed E-state index contributed by atoms with van der Waals surface area (Å²) in [5, 5.41) is 9.67. The lowest BCUT2D eigenvalue weighted by Crippen LogP contribution is -2.42. The number of carbonyl (C=O) groups excluding carboxylic acids is 1. The summed E-state index contributed by atoms with van der Waals surface area (Å²) in [5.74, 6) is -5.34. The van der Waals surface area contributed by atoms with Crippen molar-refractivity contribution in [1.82, 2.24) is 0 Å². The number of ether oxygens (including phenoxy) is 1. The molecule has 0 amide bonds. The number of aliphatic hydroxyl groups is 1. The molecule has 3 N–H and O–H groups in total. The highest BCUT2D eigenvalue weighted by Gasteiger charge is 2.56. The van der Waals surface area contributed by atoms with Crippen molar-refractivity contribution in [3.8, 4) is 0 Å². The first kappa shape index (κ1) is 22.8. The zero-order valence-corrected chi connectivity index (χ0v) is 13.5. The van der Waals surface area contributed by atoms with Crippen LogP contribution in [0.2, 0.25) is 0 Å². The average Bonchev–Trinajstić information content (AvgIpc) is 2.47. The highest BCUT2D eigenvalue weighted by Crippen LogP contribution is 2.39. The Morgan fingerprint density at radius 1 is 1.17 bits per heavy atom. The van der Waals surface area contributed by atoms with Crippen LogP contribution in [0.5, 0.6) is 0 Å². The third-order valence-electron chi connectivity index (χ3n) is 3.30. The zero-order valence-electron chi connectivity index (χ0n) is 13.5. The molecule has 0 fully saturated rings. The Labute approximate surface area is 137 Å². The SMILES string of the molecule is CCOC(=O)C(N)C(O)CC/C=C/CCCCC(F)(F)C(F)(F)F. The van der Waals surface area contributed by atoms with Gasteiger partial charge in [0.1, 0.15) is 6.04 Å². The third-order valence-corrected chi connectivity index (χ3v) is 3.30. The van der Waals surface area contributed by atoms with Gasteiger partial charge in [0, 0.05) is 6.42 Å². The summed E-state index contributed by atoms with van der Waals surface area (Å²) in [7, 11) is 0. The third kappa shape index (κ3) is 8.58. The van der Waals surface area contributed by atoms with Crippen LogP contribution in [0.3, 0.4) is 0 Å². The lowest BCUT2D eigenvalue weighted by Gasteiger charge is -2.18. The molecule has 0 saturated heterocycles. The number of aliphatic hydroxyl groups excluding tert-OH is 1. The van der Waals surface area contributed by atoms with Gasteiger partial charge in [0.25, 0.3) is 0 Å². The minimum absolute atomic E-state index is 0.159. The van der Waals surface area contributed by atoms with Crippen molar-refractivity contribution in [3.05, 3.63) is 12.2 Å². The summed E-state index contributed by atoms with van der Waals surface area (Å²) in [6.45, 7) is 1.77. The number of allylic oxidation sites excluding steroid dienone is 2.